The number of carbonyl (C=O) groups is 1. The molecule has 0 aliphatic carbocycles. The molecule has 0 saturated carbocycles. The van der Waals surface area contributed by atoms with Crippen molar-refractivity contribution < 1.29 is 14.4 Å². The van der Waals surface area contributed by atoms with Gasteiger partial charge in [-0.15, -0.1) is 0 Å². The molecule has 27 heavy (non-hydrogen) atoms. The largest absolute Gasteiger partial charge is 0.296 e. The van der Waals surface area contributed by atoms with Gasteiger partial charge in [0.2, 0.25) is 0 Å². The third kappa shape index (κ3) is 4.71. The molecule has 0 aromatic heterocycles. The van der Waals surface area contributed by atoms with Crippen LogP contribution in [0.5, 0.6) is 0 Å². The molecule has 6 heteroatoms. The first-order valence-corrected chi connectivity index (χ1v) is 9.23. The van der Waals surface area contributed by atoms with Gasteiger partial charge >= 0.3 is 0 Å². The number of carbonyl (C=O) groups excluding carboxylic acids is 1. The Labute approximate surface area is 159 Å². The van der Waals surface area contributed by atoms with Crippen molar-refractivity contribution in [1.29, 1.82) is 0 Å². The minimum atomic E-state index is -0.838. The predicted octanol–water partition coefficient (Wildman–Crippen LogP) is 3.04. The fraction of sp³-hybridized carbons (Fsp3) is 0.381. The summed E-state index contributed by atoms with van der Waals surface area (Å²) >= 11 is 0. The molecule has 5 nitrogen and oxygen atoms in total. The summed E-state index contributed by atoms with van der Waals surface area (Å²) in [6.45, 7) is 7.84. The summed E-state index contributed by atoms with van der Waals surface area (Å²) < 4.78 is 14.1. The van der Waals surface area contributed by atoms with Crippen molar-refractivity contribution in [1.82, 2.24) is 15.3 Å². The Morgan fingerprint density at radius 2 is 1.74 bits per heavy atom. The van der Waals surface area contributed by atoms with Gasteiger partial charge < -0.3 is 0 Å². The van der Waals surface area contributed by atoms with E-state index in [1.807, 2.05) is 6.07 Å². The molecule has 1 heterocycles. The maximum Gasteiger partial charge on any atom is 0.277 e. The lowest BCUT2D eigenvalue weighted by atomic mass is 10.0. The summed E-state index contributed by atoms with van der Waals surface area (Å²) in [4.78, 5) is 16.2. The van der Waals surface area contributed by atoms with Crippen LogP contribution in [0.1, 0.15) is 35.3 Å². The summed E-state index contributed by atoms with van der Waals surface area (Å²) in [5.41, 5.74) is 3.44. The molecule has 2 N–H and O–H groups in total. The molecule has 144 valence electrons. The first kappa shape index (κ1) is 19.5. The molecule has 3 rings (SSSR count). The standard InChI is InChI=1S/C21H26FN3O2/c1-15-11-24(13-17-6-4-3-5-7-17)12-16(2)25(15)14-18-8-9-19(20(22)10-18)21(26)23-27/h3-10,15-16,27H,11-14H2,1-2H3,(H,23,26)/t15-,16+. The second-order valence-electron chi connectivity index (χ2n) is 7.31. The van der Waals surface area contributed by atoms with Gasteiger partial charge in [-0.05, 0) is 37.1 Å². The zero-order valence-electron chi connectivity index (χ0n) is 15.7. The number of halogens is 1. The fourth-order valence-corrected chi connectivity index (χ4v) is 3.86. The predicted molar refractivity (Wildman–Crippen MR) is 102 cm³/mol. The molecule has 1 aliphatic heterocycles. The number of hydroxylamine groups is 1. The summed E-state index contributed by atoms with van der Waals surface area (Å²) in [6.07, 6.45) is 0. The average molecular weight is 371 g/mol. The monoisotopic (exact) mass is 371 g/mol. The first-order chi connectivity index (χ1) is 13.0. The average Bonchev–Trinajstić information content (AvgIpc) is 2.65. The van der Waals surface area contributed by atoms with Gasteiger partial charge in [-0.2, -0.15) is 0 Å². The molecular weight excluding hydrogens is 345 g/mol. The number of hydrogen-bond acceptors (Lipinski definition) is 4. The van der Waals surface area contributed by atoms with E-state index in [4.69, 9.17) is 5.21 Å². The summed E-state index contributed by atoms with van der Waals surface area (Å²) in [5, 5.41) is 8.66. The number of piperazine rings is 1. The van der Waals surface area contributed by atoms with Crippen LogP contribution in [0, 0.1) is 5.82 Å². The highest BCUT2D eigenvalue weighted by Gasteiger charge is 2.29. The molecular formula is C21H26FN3O2. The zero-order chi connectivity index (χ0) is 19.4. The first-order valence-electron chi connectivity index (χ1n) is 9.23. The number of rotatable bonds is 5. The highest BCUT2D eigenvalue weighted by Crippen LogP contribution is 2.21. The lowest BCUT2D eigenvalue weighted by molar-refractivity contribution is 0.0289. The van der Waals surface area contributed by atoms with E-state index in [0.29, 0.717) is 18.6 Å². The zero-order valence-corrected chi connectivity index (χ0v) is 15.7. The van der Waals surface area contributed by atoms with E-state index in [2.05, 4.69) is 47.9 Å². The lowest BCUT2D eigenvalue weighted by Gasteiger charge is -2.44. The van der Waals surface area contributed by atoms with Crippen molar-refractivity contribution in [2.24, 2.45) is 0 Å². The molecule has 2 aromatic rings. The van der Waals surface area contributed by atoms with Crippen molar-refractivity contribution in [3.05, 3.63) is 71.0 Å². The van der Waals surface area contributed by atoms with Gasteiger partial charge in [-0.25, -0.2) is 9.87 Å². The smallest absolute Gasteiger partial charge is 0.277 e. The molecule has 2 aromatic carbocycles. The van der Waals surface area contributed by atoms with E-state index in [1.54, 1.807) is 6.07 Å². The number of hydrogen-bond donors (Lipinski definition) is 2. The van der Waals surface area contributed by atoms with Gasteiger partial charge in [0.1, 0.15) is 5.82 Å². The van der Waals surface area contributed by atoms with E-state index in [1.165, 1.54) is 23.2 Å². The summed E-state index contributed by atoms with van der Waals surface area (Å²) in [6, 6.07) is 15.6. The Balaban J connectivity index is 1.64. The van der Waals surface area contributed by atoms with Gasteiger partial charge in [0.25, 0.3) is 5.91 Å². The number of nitrogens with zero attached hydrogens (tertiary/aromatic N) is 2. The SMILES string of the molecule is C[C@@H]1CN(Cc2ccccc2)C[C@H](C)N1Cc1ccc(C(=O)NO)c(F)c1. The Kier molecular flexibility index (Phi) is 6.21. The maximum absolute atomic E-state index is 14.1. The minimum absolute atomic E-state index is 0.157. The van der Waals surface area contributed by atoms with Gasteiger partial charge in [-0.3, -0.25) is 19.8 Å². The Morgan fingerprint density at radius 3 is 2.33 bits per heavy atom. The second kappa shape index (κ2) is 8.61. The van der Waals surface area contributed by atoms with Crippen molar-refractivity contribution in [3.63, 3.8) is 0 Å². The van der Waals surface area contributed by atoms with Gasteiger partial charge in [0.05, 0.1) is 5.56 Å². The van der Waals surface area contributed by atoms with Gasteiger partial charge in [0, 0.05) is 38.3 Å². The van der Waals surface area contributed by atoms with E-state index in [-0.39, 0.29) is 5.56 Å². The molecule has 1 amide bonds. The molecule has 2 atom stereocenters. The van der Waals surface area contributed by atoms with Crippen LogP contribution in [0.3, 0.4) is 0 Å². The molecule has 0 spiro atoms. The third-order valence-electron chi connectivity index (χ3n) is 5.17. The second-order valence-corrected chi connectivity index (χ2v) is 7.31. The van der Waals surface area contributed by atoms with E-state index >= 15 is 0 Å². The molecule has 1 saturated heterocycles. The van der Waals surface area contributed by atoms with Crippen molar-refractivity contribution >= 4 is 5.91 Å². The van der Waals surface area contributed by atoms with Crippen LogP contribution >= 0.6 is 0 Å². The van der Waals surface area contributed by atoms with Crippen LogP contribution in [0.15, 0.2) is 48.5 Å². The van der Waals surface area contributed by atoms with Crippen LogP contribution in [0.2, 0.25) is 0 Å². The molecule has 1 aliphatic rings. The van der Waals surface area contributed by atoms with Crippen LogP contribution in [0.4, 0.5) is 4.39 Å². The third-order valence-corrected chi connectivity index (χ3v) is 5.17. The number of nitrogens with one attached hydrogen (secondary N) is 1. The normalized spacial score (nSPS) is 21.2. The van der Waals surface area contributed by atoms with Crippen molar-refractivity contribution in [2.45, 2.75) is 39.0 Å². The highest BCUT2D eigenvalue weighted by molar-refractivity contribution is 5.93. The van der Waals surface area contributed by atoms with Crippen molar-refractivity contribution in [3.8, 4) is 0 Å². The Morgan fingerprint density at radius 1 is 1.07 bits per heavy atom. The van der Waals surface area contributed by atoms with Crippen molar-refractivity contribution in [2.75, 3.05) is 13.1 Å². The number of amides is 1. The van der Waals surface area contributed by atoms with Gasteiger partial charge in [0.15, 0.2) is 0 Å². The van der Waals surface area contributed by atoms with Crippen LogP contribution in [0.25, 0.3) is 0 Å². The van der Waals surface area contributed by atoms with E-state index in [0.717, 1.165) is 25.2 Å². The summed E-state index contributed by atoms with van der Waals surface area (Å²) in [5.74, 6) is -1.46. The van der Waals surface area contributed by atoms with E-state index in [9.17, 15) is 9.18 Å². The Bertz CT molecular complexity index is 772. The lowest BCUT2D eigenvalue weighted by Crippen LogP contribution is -2.55. The van der Waals surface area contributed by atoms with Crippen LogP contribution < -0.4 is 5.48 Å². The molecule has 0 unspecified atom stereocenters. The van der Waals surface area contributed by atoms with Crippen LogP contribution in [-0.2, 0) is 13.1 Å². The maximum atomic E-state index is 14.1. The minimum Gasteiger partial charge on any atom is -0.296 e. The fourth-order valence-electron chi connectivity index (χ4n) is 3.86. The summed E-state index contributed by atoms with van der Waals surface area (Å²) in [7, 11) is 0. The highest BCUT2D eigenvalue weighted by atomic mass is 19.1. The van der Waals surface area contributed by atoms with E-state index < -0.39 is 11.7 Å². The molecule has 1 fully saturated rings. The Hall–Kier alpha value is -2.28. The number of benzene rings is 2. The topological polar surface area (TPSA) is 55.8 Å². The molecule has 0 bridgehead atoms. The quantitative estimate of drug-likeness (QED) is 0.627. The molecule has 0 radical (unpaired) electrons. The van der Waals surface area contributed by atoms with Gasteiger partial charge in [-0.1, -0.05) is 36.4 Å². The van der Waals surface area contributed by atoms with Crippen LogP contribution in [-0.4, -0.2) is 46.1 Å².